The lowest BCUT2D eigenvalue weighted by Gasteiger charge is -2.39. The Hall–Kier alpha value is -4.50. The van der Waals surface area contributed by atoms with Crippen molar-refractivity contribution in [3.05, 3.63) is 119 Å². The highest BCUT2D eigenvalue weighted by molar-refractivity contribution is 5.95. The van der Waals surface area contributed by atoms with Crippen LogP contribution in [0.4, 0.5) is 4.39 Å². The summed E-state index contributed by atoms with van der Waals surface area (Å²) in [7, 11) is 0. The number of pyridine rings is 1. The molecule has 0 spiro atoms. The van der Waals surface area contributed by atoms with Crippen molar-refractivity contribution in [3.8, 4) is 22.9 Å². The smallest absolute Gasteiger partial charge is 0.252 e. The predicted octanol–water partition coefficient (Wildman–Crippen LogP) is 5.22. The highest BCUT2D eigenvalue weighted by Crippen LogP contribution is 2.41. The van der Waals surface area contributed by atoms with Crippen LogP contribution in [0.15, 0.2) is 91.1 Å². The van der Waals surface area contributed by atoms with Crippen LogP contribution in [0, 0.1) is 17.1 Å². The molecule has 6 heteroatoms. The van der Waals surface area contributed by atoms with Gasteiger partial charge in [-0.15, -0.1) is 0 Å². The van der Waals surface area contributed by atoms with Gasteiger partial charge in [0.05, 0.1) is 18.2 Å². The Morgan fingerprint density at radius 1 is 0.971 bits per heavy atom. The van der Waals surface area contributed by atoms with Crippen LogP contribution >= 0.6 is 0 Å². The van der Waals surface area contributed by atoms with Gasteiger partial charge in [0.1, 0.15) is 22.8 Å². The molecule has 1 aromatic heterocycles. The molecule has 0 radical (unpaired) electrons. The van der Waals surface area contributed by atoms with Gasteiger partial charge in [0, 0.05) is 18.2 Å². The summed E-state index contributed by atoms with van der Waals surface area (Å²) in [4.78, 5) is 17.8. The fourth-order valence-corrected chi connectivity index (χ4v) is 4.29. The number of hydrogen-bond donors (Lipinski definition) is 1. The molecule has 0 saturated heterocycles. The zero-order chi connectivity index (χ0) is 23.5. The summed E-state index contributed by atoms with van der Waals surface area (Å²) in [5.74, 6) is -0.110. The minimum Gasteiger partial charge on any atom is -0.491 e. The standard InChI is InChI=1S/C28H20FN3O2/c29-24-13-9-22(10-14-24)27(33)32-28(15-17-34-25-2-1-16-31-26(25)28)23-11-7-21(8-12-23)20-5-3-19(18-30)4-6-20/h1-14,16H,15,17H2,(H,32,33)/t28-/m1/s1. The van der Waals surface area contributed by atoms with E-state index in [1.54, 1.807) is 24.4 Å². The Kier molecular flexibility index (Phi) is 5.52. The minimum absolute atomic E-state index is 0.324. The molecule has 3 aromatic carbocycles. The average Bonchev–Trinajstić information content (AvgIpc) is 2.89. The van der Waals surface area contributed by atoms with E-state index in [-0.39, 0.29) is 5.91 Å². The van der Waals surface area contributed by atoms with E-state index in [0.717, 1.165) is 16.7 Å². The van der Waals surface area contributed by atoms with Crippen molar-refractivity contribution in [2.24, 2.45) is 0 Å². The molecule has 1 aliphatic rings. The van der Waals surface area contributed by atoms with E-state index in [9.17, 15) is 9.18 Å². The lowest BCUT2D eigenvalue weighted by atomic mass is 9.80. The van der Waals surface area contributed by atoms with Crippen LogP contribution in [0.1, 0.15) is 33.6 Å². The molecule has 1 N–H and O–H groups in total. The van der Waals surface area contributed by atoms with E-state index in [0.29, 0.717) is 35.6 Å². The number of carbonyl (C=O) groups is 1. The van der Waals surface area contributed by atoms with Gasteiger partial charge < -0.3 is 10.1 Å². The topological polar surface area (TPSA) is 75.0 Å². The lowest BCUT2D eigenvalue weighted by Crippen LogP contribution is -2.50. The highest BCUT2D eigenvalue weighted by Gasteiger charge is 2.42. The third kappa shape index (κ3) is 3.89. The Morgan fingerprint density at radius 3 is 2.32 bits per heavy atom. The van der Waals surface area contributed by atoms with Crippen molar-refractivity contribution in [3.63, 3.8) is 0 Å². The molecule has 1 amide bonds. The van der Waals surface area contributed by atoms with Crippen LogP contribution in [-0.4, -0.2) is 17.5 Å². The van der Waals surface area contributed by atoms with Crippen molar-refractivity contribution >= 4 is 5.91 Å². The molecule has 0 unspecified atom stereocenters. The van der Waals surface area contributed by atoms with Crippen molar-refractivity contribution < 1.29 is 13.9 Å². The largest absolute Gasteiger partial charge is 0.491 e. The highest BCUT2D eigenvalue weighted by atomic mass is 19.1. The molecule has 5 nitrogen and oxygen atoms in total. The number of halogens is 1. The molecule has 0 aliphatic carbocycles. The summed E-state index contributed by atoms with van der Waals surface area (Å²) in [6.07, 6.45) is 2.16. The number of ether oxygens (including phenoxy) is 1. The van der Waals surface area contributed by atoms with Gasteiger partial charge in [0.25, 0.3) is 5.91 Å². The number of aromatic nitrogens is 1. The average molecular weight is 449 g/mol. The number of nitriles is 1. The van der Waals surface area contributed by atoms with E-state index in [4.69, 9.17) is 10.00 Å². The number of carbonyl (C=O) groups excluding carboxylic acids is 1. The second-order valence-corrected chi connectivity index (χ2v) is 8.08. The van der Waals surface area contributed by atoms with Gasteiger partial charge >= 0.3 is 0 Å². The SMILES string of the molecule is N#Cc1ccc(-c2ccc([C@]3(NC(=O)c4ccc(F)cc4)CCOc4cccnc43)cc2)cc1. The van der Waals surface area contributed by atoms with E-state index in [2.05, 4.69) is 16.4 Å². The number of benzene rings is 3. The van der Waals surface area contributed by atoms with E-state index < -0.39 is 11.4 Å². The maximum atomic E-state index is 13.4. The Bertz CT molecular complexity index is 1380. The van der Waals surface area contributed by atoms with Gasteiger partial charge in [-0.05, 0) is 65.2 Å². The monoisotopic (exact) mass is 449 g/mol. The molecule has 1 aliphatic heterocycles. The summed E-state index contributed by atoms with van der Waals surface area (Å²) in [5, 5.41) is 12.2. The zero-order valence-corrected chi connectivity index (χ0v) is 18.2. The van der Waals surface area contributed by atoms with Crippen molar-refractivity contribution in [2.75, 3.05) is 6.61 Å². The molecule has 0 bridgehead atoms. The van der Waals surface area contributed by atoms with E-state index in [1.165, 1.54) is 24.3 Å². The maximum Gasteiger partial charge on any atom is 0.252 e. The molecule has 0 fully saturated rings. The van der Waals surface area contributed by atoms with Gasteiger partial charge in [0.2, 0.25) is 0 Å². The molecule has 1 atom stereocenters. The summed E-state index contributed by atoms with van der Waals surface area (Å²) in [5.41, 5.74) is 3.52. The first-order chi connectivity index (χ1) is 16.6. The third-order valence-electron chi connectivity index (χ3n) is 6.07. The molecule has 4 aromatic rings. The van der Waals surface area contributed by atoms with Crippen LogP contribution in [-0.2, 0) is 5.54 Å². The van der Waals surface area contributed by atoms with Gasteiger partial charge in [-0.25, -0.2) is 4.39 Å². The van der Waals surface area contributed by atoms with Gasteiger partial charge in [0.15, 0.2) is 0 Å². The maximum absolute atomic E-state index is 13.4. The predicted molar refractivity (Wildman–Crippen MR) is 126 cm³/mol. The molecular formula is C28H20FN3O2. The first-order valence-corrected chi connectivity index (χ1v) is 10.9. The van der Waals surface area contributed by atoms with Crippen LogP contribution in [0.3, 0.4) is 0 Å². The fraction of sp³-hybridized carbons (Fsp3) is 0.107. The number of nitrogens with zero attached hydrogens (tertiary/aromatic N) is 2. The number of nitrogens with one attached hydrogen (secondary N) is 1. The molecule has 34 heavy (non-hydrogen) atoms. The van der Waals surface area contributed by atoms with Crippen LogP contribution in [0.2, 0.25) is 0 Å². The second kappa shape index (κ2) is 8.80. The van der Waals surface area contributed by atoms with Crippen LogP contribution < -0.4 is 10.1 Å². The quantitative estimate of drug-likeness (QED) is 0.464. The summed E-state index contributed by atoms with van der Waals surface area (Å²) >= 11 is 0. The third-order valence-corrected chi connectivity index (χ3v) is 6.07. The first kappa shape index (κ1) is 21.4. The summed E-state index contributed by atoms with van der Waals surface area (Å²) in [6.45, 7) is 0.403. The lowest BCUT2D eigenvalue weighted by molar-refractivity contribution is 0.0883. The van der Waals surface area contributed by atoms with E-state index in [1.807, 2.05) is 42.5 Å². The number of hydrogen-bond acceptors (Lipinski definition) is 4. The Labute approximate surface area is 196 Å². The Balaban J connectivity index is 1.56. The number of fused-ring (bicyclic) bond motifs is 1. The van der Waals surface area contributed by atoms with E-state index >= 15 is 0 Å². The van der Waals surface area contributed by atoms with Crippen LogP contribution in [0.5, 0.6) is 5.75 Å². The molecule has 2 heterocycles. The van der Waals surface area contributed by atoms with Crippen molar-refractivity contribution in [2.45, 2.75) is 12.0 Å². The molecule has 0 saturated carbocycles. The number of rotatable bonds is 4. The zero-order valence-electron chi connectivity index (χ0n) is 18.2. The normalized spacial score (nSPS) is 16.6. The molecular weight excluding hydrogens is 429 g/mol. The summed E-state index contributed by atoms with van der Waals surface area (Å²) < 4.78 is 19.2. The van der Waals surface area contributed by atoms with Crippen LogP contribution in [0.25, 0.3) is 11.1 Å². The second-order valence-electron chi connectivity index (χ2n) is 8.08. The van der Waals surface area contributed by atoms with Gasteiger partial charge in [-0.3, -0.25) is 9.78 Å². The van der Waals surface area contributed by atoms with Crippen molar-refractivity contribution in [1.82, 2.24) is 10.3 Å². The Morgan fingerprint density at radius 2 is 1.65 bits per heavy atom. The first-order valence-electron chi connectivity index (χ1n) is 10.9. The summed E-state index contributed by atoms with van der Waals surface area (Å²) in [6, 6.07) is 26.5. The van der Waals surface area contributed by atoms with Crippen molar-refractivity contribution in [1.29, 1.82) is 5.26 Å². The molecule has 166 valence electrons. The number of amides is 1. The molecule has 5 rings (SSSR count). The minimum atomic E-state index is -0.913. The fourth-order valence-electron chi connectivity index (χ4n) is 4.29. The van der Waals surface area contributed by atoms with Gasteiger partial charge in [-0.2, -0.15) is 5.26 Å². The van der Waals surface area contributed by atoms with Gasteiger partial charge in [-0.1, -0.05) is 36.4 Å².